The number of fused-ring (bicyclic) bond motifs is 2. The molecule has 0 saturated carbocycles. The quantitative estimate of drug-likeness (QED) is 0.182. The number of aliphatic hydroxyl groups excluding tert-OH is 1. The number of hydrogen-bond donors (Lipinski definition) is 1. The van der Waals surface area contributed by atoms with E-state index in [1.807, 2.05) is 80.6 Å². The van der Waals surface area contributed by atoms with Gasteiger partial charge in [0.05, 0.1) is 24.0 Å². The smallest absolute Gasteiger partial charge is 0.253 e. The van der Waals surface area contributed by atoms with E-state index in [1.165, 1.54) is 0 Å². The summed E-state index contributed by atoms with van der Waals surface area (Å²) in [6, 6.07) is 20.2. The summed E-state index contributed by atoms with van der Waals surface area (Å²) in [5, 5.41) is 11.6. The molecule has 1 N–H and O–H groups in total. The predicted molar refractivity (Wildman–Crippen MR) is 187 cm³/mol. The van der Waals surface area contributed by atoms with Crippen LogP contribution in [0.25, 0.3) is 10.8 Å². The Morgan fingerprint density at radius 1 is 0.958 bits per heavy atom. The Morgan fingerprint density at radius 2 is 1.62 bits per heavy atom. The van der Waals surface area contributed by atoms with Gasteiger partial charge in [0.15, 0.2) is 0 Å². The number of nitrogens with zero attached hydrogens (tertiary/aromatic N) is 3. The van der Waals surface area contributed by atoms with Crippen molar-refractivity contribution in [2.45, 2.75) is 56.8 Å². The van der Waals surface area contributed by atoms with Crippen molar-refractivity contribution in [2.75, 3.05) is 42.6 Å². The molecule has 3 saturated heterocycles. The van der Waals surface area contributed by atoms with E-state index in [-0.39, 0.29) is 44.0 Å². The molecule has 1 spiro atoms. The largest absolute Gasteiger partial charge is 0.494 e. The Balaban J connectivity index is 1.40. The molecular weight excluding hydrogens is 606 g/mol. The molecule has 3 heterocycles. The molecule has 9 heteroatoms. The van der Waals surface area contributed by atoms with Gasteiger partial charge in [-0.25, -0.2) is 0 Å². The van der Waals surface area contributed by atoms with Gasteiger partial charge in [0.25, 0.3) is 5.91 Å². The monoisotopic (exact) mass is 651 g/mol. The third-order valence-electron chi connectivity index (χ3n) is 10.2. The van der Waals surface area contributed by atoms with Crippen LogP contribution < -0.4 is 14.5 Å². The molecule has 3 aliphatic rings. The Labute approximate surface area is 282 Å². The van der Waals surface area contributed by atoms with Crippen molar-refractivity contribution in [1.29, 1.82) is 0 Å². The van der Waals surface area contributed by atoms with Gasteiger partial charge in [-0.1, -0.05) is 42.5 Å². The fourth-order valence-electron chi connectivity index (χ4n) is 8.17. The van der Waals surface area contributed by atoms with Gasteiger partial charge in [0.1, 0.15) is 17.4 Å². The lowest BCUT2D eigenvalue weighted by molar-refractivity contribution is -0.144. The average Bonchev–Trinajstić information content (AvgIpc) is 3.66. The van der Waals surface area contributed by atoms with Crippen LogP contribution in [0.2, 0.25) is 0 Å². The van der Waals surface area contributed by atoms with E-state index < -0.39 is 29.1 Å². The zero-order valence-corrected chi connectivity index (χ0v) is 27.8. The van der Waals surface area contributed by atoms with Crippen molar-refractivity contribution in [3.8, 4) is 5.75 Å². The number of rotatable bonds is 14. The normalized spacial score (nSPS) is 25.6. The van der Waals surface area contributed by atoms with Crippen molar-refractivity contribution >= 4 is 39.9 Å². The number of ether oxygens (including phenoxy) is 2. The van der Waals surface area contributed by atoms with Crippen LogP contribution in [-0.2, 0) is 19.1 Å². The second-order valence-corrected chi connectivity index (χ2v) is 13.1. The second kappa shape index (κ2) is 13.6. The van der Waals surface area contributed by atoms with Crippen molar-refractivity contribution in [1.82, 2.24) is 4.90 Å². The molecule has 0 radical (unpaired) electrons. The van der Waals surface area contributed by atoms with Gasteiger partial charge in [-0.05, 0) is 86.7 Å². The molecule has 5 atom stereocenters. The molecule has 0 aliphatic carbocycles. The fourth-order valence-corrected chi connectivity index (χ4v) is 8.17. The van der Waals surface area contributed by atoms with Crippen LogP contribution in [0.4, 0.5) is 11.4 Å². The summed E-state index contributed by atoms with van der Waals surface area (Å²) in [5.41, 5.74) is -0.767. The first kappa shape index (κ1) is 33.4. The number of carbonyl (C=O) groups excluding carboxylic acids is 3. The number of carbonyl (C=O) groups is 3. The summed E-state index contributed by atoms with van der Waals surface area (Å²) < 4.78 is 12.5. The molecule has 252 valence electrons. The predicted octanol–water partition coefficient (Wildman–Crippen LogP) is 5.51. The van der Waals surface area contributed by atoms with E-state index in [9.17, 15) is 19.5 Å². The number of benzene rings is 3. The van der Waals surface area contributed by atoms with E-state index in [2.05, 4.69) is 13.2 Å². The van der Waals surface area contributed by atoms with E-state index in [0.29, 0.717) is 49.4 Å². The Kier molecular flexibility index (Phi) is 9.45. The summed E-state index contributed by atoms with van der Waals surface area (Å²) in [6.45, 7) is 12.9. The summed E-state index contributed by atoms with van der Waals surface area (Å²) in [4.78, 5) is 49.2. The molecular formula is C39H45N3O6. The maximum absolute atomic E-state index is 14.9. The molecule has 9 nitrogen and oxygen atoms in total. The first-order chi connectivity index (χ1) is 23.2. The zero-order chi connectivity index (χ0) is 34.1. The van der Waals surface area contributed by atoms with Crippen LogP contribution >= 0.6 is 0 Å². The summed E-state index contributed by atoms with van der Waals surface area (Å²) in [5.74, 6) is -1.71. The SMILES string of the molecule is C=CCN(C(=O)C1N(CCCCO)C(=O)[C@@H]2[C@@H](C(=O)N(CC=C)c3ccc(OCC)cc3)[C@@]3(C)CCC12O3)c1ccc2ccccc2c1. The molecule has 2 bridgehead atoms. The summed E-state index contributed by atoms with van der Waals surface area (Å²) in [7, 11) is 0. The van der Waals surface area contributed by atoms with E-state index >= 15 is 0 Å². The van der Waals surface area contributed by atoms with Crippen molar-refractivity contribution in [3.63, 3.8) is 0 Å². The van der Waals surface area contributed by atoms with Crippen molar-refractivity contribution in [3.05, 3.63) is 92.0 Å². The number of amides is 3. The highest BCUT2D eigenvalue weighted by atomic mass is 16.5. The molecule has 3 amide bonds. The lowest BCUT2D eigenvalue weighted by Crippen LogP contribution is -2.56. The highest BCUT2D eigenvalue weighted by molar-refractivity contribution is 6.07. The van der Waals surface area contributed by atoms with E-state index in [1.54, 1.807) is 26.9 Å². The molecule has 0 aromatic heterocycles. The van der Waals surface area contributed by atoms with Crippen molar-refractivity contribution in [2.24, 2.45) is 11.8 Å². The highest BCUT2D eigenvalue weighted by Gasteiger charge is 2.78. The van der Waals surface area contributed by atoms with Gasteiger partial charge in [-0.3, -0.25) is 14.4 Å². The van der Waals surface area contributed by atoms with E-state index in [4.69, 9.17) is 9.47 Å². The number of likely N-dealkylation sites (tertiary alicyclic amines) is 1. The van der Waals surface area contributed by atoms with E-state index in [0.717, 1.165) is 10.8 Å². The summed E-state index contributed by atoms with van der Waals surface area (Å²) >= 11 is 0. The molecule has 3 fully saturated rings. The average molecular weight is 652 g/mol. The third-order valence-corrected chi connectivity index (χ3v) is 10.2. The van der Waals surface area contributed by atoms with Crippen LogP contribution in [0.5, 0.6) is 5.75 Å². The Hall–Kier alpha value is -4.47. The van der Waals surface area contributed by atoms with Gasteiger partial charge in [-0.2, -0.15) is 0 Å². The van der Waals surface area contributed by atoms with Crippen LogP contribution in [0.3, 0.4) is 0 Å². The lowest BCUT2D eigenvalue weighted by atomic mass is 9.66. The first-order valence-electron chi connectivity index (χ1n) is 16.9. The number of anilines is 2. The maximum Gasteiger partial charge on any atom is 0.253 e. The molecule has 3 aromatic carbocycles. The lowest BCUT2D eigenvalue weighted by Gasteiger charge is -2.37. The van der Waals surface area contributed by atoms with Crippen LogP contribution in [0.1, 0.15) is 39.5 Å². The minimum Gasteiger partial charge on any atom is -0.494 e. The minimum absolute atomic E-state index is 0.0246. The minimum atomic E-state index is -1.18. The molecule has 3 aromatic rings. The number of unbranched alkanes of at least 4 members (excludes halogenated alkanes) is 1. The van der Waals surface area contributed by atoms with Crippen LogP contribution in [0, 0.1) is 11.8 Å². The van der Waals surface area contributed by atoms with Gasteiger partial charge >= 0.3 is 0 Å². The molecule has 2 unspecified atom stereocenters. The van der Waals surface area contributed by atoms with Gasteiger partial charge < -0.3 is 29.3 Å². The standard InChI is InChI=1S/C39H45N3O6/c1-5-22-40(29-16-18-31(19-17-29)47-7-3)35(44)32-33-36(45)42(24-10-11-25-43)34(39(33)21-20-38(32,4)48-39)37(46)41(23-6-2)30-15-14-27-12-8-9-13-28(27)26-30/h5-6,8-9,12-19,26,32-34,43H,1-2,7,10-11,20-25H2,3-4H3/t32-,33-,34?,38+,39?/m0/s1. The molecule has 6 rings (SSSR count). The fraction of sp³-hybridized carbons (Fsp3) is 0.410. The van der Waals surface area contributed by atoms with Gasteiger partial charge in [0.2, 0.25) is 11.8 Å². The van der Waals surface area contributed by atoms with Crippen LogP contribution in [0.15, 0.2) is 92.0 Å². The van der Waals surface area contributed by atoms with Crippen LogP contribution in [-0.4, -0.2) is 77.8 Å². The first-order valence-corrected chi connectivity index (χ1v) is 16.9. The molecule has 3 aliphatic heterocycles. The zero-order valence-electron chi connectivity index (χ0n) is 27.8. The highest BCUT2D eigenvalue weighted by Crippen LogP contribution is 2.63. The Morgan fingerprint density at radius 3 is 2.29 bits per heavy atom. The topological polar surface area (TPSA) is 99.6 Å². The maximum atomic E-state index is 14.9. The van der Waals surface area contributed by atoms with Crippen molar-refractivity contribution < 1.29 is 29.0 Å². The van der Waals surface area contributed by atoms with Gasteiger partial charge in [0, 0.05) is 37.6 Å². The van der Waals surface area contributed by atoms with Gasteiger partial charge in [-0.15, -0.1) is 13.2 Å². The Bertz CT molecular complexity index is 1710. The number of hydrogen-bond acceptors (Lipinski definition) is 6. The summed E-state index contributed by atoms with van der Waals surface area (Å²) in [6.07, 6.45) is 5.35. The molecule has 48 heavy (non-hydrogen) atoms. The number of aliphatic hydroxyl groups is 1. The second-order valence-electron chi connectivity index (χ2n) is 13.1. The third kappa shape index (κ3) is 5.58.